The summed E-state index contributed by atoms with van der Waals surface area (Å²) >= 11 is 0. The van der Waals surface area contributed by atoms with E-state index >= 15 is 0 Å². The smallest absolute Gasteiger partial charge is 0.126 e. The first-order chi connectivity index (χ1) is 24.7. The highest BCUT2D eigenvalue weighted by Gasteiger charge is 2.17. The number of methoxy groups -OCH3 is 2. The highest BCUT2D eigenvalue weighted by molar-refractivity contribution is 6.18. The fraction of sp³-hybridized carbons (Fsp3) is 0.0426. The summed E-state index contributed by atoms with van der Waals surface area (Å²) in [5.41, 5.74) is 9.04. The van der Waals surface area contributed by atoms with Crippen LogP contribution >= 0.6 is 0 Å². The minimum Gasteiger partial charge on any atom is -0.496 e. The van der Waals surface area contributed by atoms with Gasteiger partial charge in [0.15, 0.2) is 0 Å². The van der Waals surface area contributed by atoms with E-state index in [1.54, 1.807) is 14.2 Å². The van der Waals surface area contributed by atoms with Crippen LogP contribution in [0.2, 0.25) is 0 Å². The van der Waals surface area contributed by atoms with Gasteiger partial charge in [-0.25, -0.2) is 0 Å². The molecular formula is C47H33NO2. The first-order valence-electron chi connectivity index (χ1n) is 16.8. The van der Waals surface area contributed by atoms with Gasteiger partial charge in [-0.3, -0.25) is 4.98 Å². The minimum absolute atomic E-state index is 0.849. The number of ether oxygens (including phenoxy) is 2. The molecule has 0 radical (unpaired) electrons. The van der Waals surface area contributed by atoms with Crippen LogP contribution in [0.5, 0.6) is 11.5 Å². The lowest BCUT2D eigenvalue weighted by Crippen LogP contribution is -1.92. The molecule has 0 atom stereocenters. The zero-order valence-corrected chi connectivity index (χ0v) is 27.9. The van der Waals surface area contributed by atoms with Crippen molar-refractivity contribution in [1.82, 2.24) is 4.98 Å². The van der Waals surface area contributed by atoms with Crippen molar-refractivity contribution < 1.29 is 9.47 Å². The Labute approximate surface area is 291 Å². The molecule has 50 heavy (non-hydrogen) atoms. The number of hydrogen-bond donors (Lipinski definition) is 0. The third-order valence-corrected chi connectivity index (χ3v) is 9.93. The second-order valence-corrected chi connectivity index (χ2v) is 12.7. The number of hydrogen-bond acceptors (Lipinski definition) is 3. The average Bonchev–Trinajstić information content (AvgIpc) is 3.20. The number of benzene rings is 8. The lowest BCUT2D eigenvalue weighted by atomic mass is 9.89. The zero-order chi connectivity index (χ0) is 33.6. The van der Waals surface area contributed by atoms with E-state index in [9.17, 15) is 0 Å². The molecular weight excluding hydrogens is 611 g/mol. The van der Waals surface area contributed by atoms with Gasteiger partial charge in [-0.15, -0.1) is 0 Å². The van der Waals surface area contributed by atoms with Crippen LogP contribution < -0.4 is 9.47 Å². The lowest BCUT2D eigenvalue weighted by Gasteiger charge is -2.16. The van der Waals surface area contributed by atoms with Crippen LogP contribution in [0.25, 0.3) is 87.6 Å². The molecule has 238 valence electrons. The summed E-state index contributed by atoms with van der Waals surface area (Å²) in [6.45, 7) is 0. The molecule has 0 bridgehead atoms. The fourth-order valence-electron chi connectivity index (χ4n) is 7.49. The van der Waals surface area contributed by atoms with Crippen LogP contribution in [-0.2, 0) is 0 Å². The van der Waals surface area contributed by atoms with Gasteiger partial charge in [0.1, 0.15) is 11.5 Å². The predicted octanol–water partition coefficient (Wildman–Crippen LogP) is 12.4. The standard InChI is InChI=1S/C47H33NO2/c1-49-44-23-21-38(46-40(44)19-17-32-13-15-34(26-42(32)46)30-9-5-3-6-10-30)36-25-37(29-48-28-36)39-22-24-45(50-2)41-20-18-33-14-16-35(27-43(33)47(39)41)31-11-7-4-8-12-31/h3-29H,1-2H3. The molecule has 0 amide bonds. The average molecular weight is 644 g/mol. The van der Waals surface area contributed by atoms with Crippen molar-refractivity contribution in [1.29, 1.82) is 0 Å². The summed E-state index contributed by atoms with van der Waals surface area (Å²) in [7, 11) is 3.48. The van der Waals surface area contributed by atoms with E-state index in [-0.39, 0.29) is 0 Å². The van der Waals surface area contributed by atoms with Gasteiger partial charge in [0.2, 0.25) is 0 Å². The van der Waals surface area contributed by atoms with Crippen LogP contribution in [0, 0.1) is 0 Å². The van der Waals surface area contributed by atoms with Crippen molar-refractivity contribution in [3.8, 4) is 56.0 Å². The monoisotopic (exact) mass is 643 g/mol. The van der Waals surface area contributed by atoms with Crippen LogP contribution in [0.3, 0.4) is 0 Å². The zero-order valence-electron chi connectivity index (χ0n) is 27.9. The van der Waals surface area contributed by atoms with Gasteiger partial charge in [0, 0.05) is 45.1 Å². The molecule has 0 N–H and O–H groups in total. The van der Waals surface area contributed by atoms with Crippen LogP contribution in [0.15, 0.2) is 164 Å². The van der Waals surface area contributed by atoms with Crippen molar-refractivity contribution in [2.24, 2.45) is 0 Å². The molecule has 3 heteroatoms. The van der Waals surface area contributed by atoms with Gasteiger partial charge in [-0.1, -0.05) is 97.1 Å². The lowest BCUT2D eigenvalue weighted by molar-refractivity contribution is 0.420. The molecule has 0 saturated heterocycles. The number of nitrogens with zero attached hydrogens (tertiary/aromatic N) is 1. The summed E-state index contributed by atoms with van der Waals surface area (Å²) in [5.74, 6) is 1.70. The normalized spacial score (nSPS) is 11.4. The van der Waals surface area contributed by atoms with Gasteiger partial charge >= 0.3 is 0 Å². The molecule has 8 aromatic carbocycles. The molecule has 0 unspecified atom stereocenters. The molecule has 0 aliphatic rings. The van der Waals surface area contributed by atoms with Crippen molar-refractivity contribution in [2.45, 2.75) is 0 Å². The maximum atomic E-state index is 5.90. The van der Waals surface area contributed by atoms with Crippen LogP contribution in [0.1, 0.15) is 0 Å². The van der Waals surface area contributed by atoms with Gasteiger partial charge in [0.05, 0.1) is 14.2 Å². The van der Waals surface area contributed by atoms with Crippen molar-refractivity contribution in [2.75, 3.05) is 14.2 Å². The first kappa shape index (κ1) is 29.7. The molecule has 9 aromatic rings. The molecule has 3 nitrogen and oxygen atoms in total. The quantitative estimate of drug-likeness (QED) is 0.169. The Morgan fingerprint density at radius 3 is 1.24 bits per heavy atom. The van der Waals surface area contributed by atoms with E-state index in [0.717, 1.165) is 55.3 Å². The van der Waals surface area contributed by atoms with Crippen LogP contribution in [0.4, 0.5) is 0 Å². The number of aromatic nitrogens is 1. The number of fused-ring (bicyclic) bond motifs is 6. The molecule has 0 spiro atoms. The van der Waals surface area contributed by atoms with E-state index in [4.69, 9.17) is 14.5 Å². The number of rotatable bonds is 6. The molecule has 0 fully saturated rings. The second-order valence-electron chi connectivity index (χ2n) is 12.7. The van der Waals surface area contributed by atoms with Crippen molar-refractivity contribution in [3.63, 3.8) is 0 Å². The largest absolute Gasteiger partial charge is 0.496 e. The van der Waals surface area contributed by atoms with E-state index in [1.165, 1.54) is 43.8 Å². The predicted molar refractivity (Wildman–Crippen MR) is 209 cm³/mol. The summed E-state index contributed by atoms with van der Waals surface area (Å²) in [6.07, 6.45) is 3.95. The van der Waals surface area contributed by atoms with Gasteiger partial charge in [-0.05, 0) is 110 Å². The Morgan fingerprint density at radius 1 is 0.360 bits per heavy atom. The Bertz CT molecular complexity index is 2530. The van der Waals surface area contributed by atoms with Crippen molar-refractivity contribution >= 4 is 43.1 Å². The third kappa shape index (κ3) is 4.94. The highest BCUT2D eigenvalue weighted by Crippen LogP contribution is 2.43. The van der Waals surface area contributed by atoms with E-state index in [1.807, 2.05) is 12.4 Å². The van der Waals surface area contributed by atoms with Gasteiger partial charge in [-0.2, -0.15) is 0 Å². The van der Waals surface area contributed by atoms with Crippen molar-refractivity contribution in [3.05, 3.63) is 164 Å². The Kier molecular flexibility index (Phi) is 7.25. The summed E-state index contributed by atoms with van der Waals surface area (Å²) < 4.78 is 11.8. The fourth-order valence-corrected chi connectivity index (χ4v) is 7.49. The molecule has 0 saturated carbocycles. The maximum absolute atomic E-state index is 5.90. The van der Waals surface area contributed by atoms with E-state index < -0.39 is 0 Å². The molecule has 0 aliphatic carbocycles. The maximum Gasteiger partial charge on any atom is 0.126 e. The number of pyridine rings is 1. The van der Waals surface area contributed by atoms with Gasteiger partial charge in [0.25, 0.3) is 0 Å². The first-order valence-corrected chi connectivity index (χ1v) is 16.8. The van der Waals surface area contributed by atoms with Gasteiger partial charge < -0.3 is 9.47 Å². The van der Waals surface area contributed by atoms with E-state index in [0.29, 0.717) is 0 Å². The molecule has 0 aliphatic heterocycles. The summed E-state index contributed by atoms with van der Waals surface area (Å²) in [5, 5.41) is 9.15. The molecule has 1 aromatic heterocycles. The molecule has 1 heterocycles. The van der Waals surface area contributed by atoms with Crippen LogP contribution in [-0.4, -0.2) is 19.2 Å². The third-order valence-electron chi connectivity index (χ3n) is 9.93. The Balaban J connectivity index is 1.29. The summed E-state index contributed by atoms with van der Waals surface area (Å²) in [4.78, 5) is 4.86. The second kappa shape index (κ2) is 12.2. The topological polar surface area (TPSA) is 31.4 Å². The van der Waals surface area contributed by atoms with E-state index in [2.05, 4.69) is 152 Å². The highest BCUT2D eigenvalue weighted by atomic mass is 16.5. The SMILES string of the molecule is COc1ccc(-c2cncc(-c3ccc(OC)c4ccc5ccc(-c6ccccc6)cc5c34)c2)c2c1ccc1ccc(-c3ccccc3)cc12. The molecule has 9 rings (SSSR count). The Morgan fingerprint density at radius 2 is 0.800 bits per heavy atom. The minimum atomic E-state index is 0.849. The summed E-state index contributed by atoms with van der Waals surface area (Å²) in [6, 6.07) is 54.0. The Hall–Kier alpha value is -6.45.